The number of H-pyrrole nitrogens is 1. The SMILES string of the molecule is Fc1cc(CNCCCCOCCOc2cc(-n3cnnc3)cc3[nH]ncc23)ccc1OC(F)(F)F. The first kappa shape index (κ1) is 25.4. The number of halogens is 4. The fourth-order valence-electron chi connectivity index (χ4n) is 3.47. The maximum atomic E-state index is 13.7. The number of alkyl halides is 3. The van der Waals surface area contributed by atoms with E-state index in [1.807, 2.05) is 12.1 Å². The maximum Gasteiger partial charge on any atom is 0.573 e. The van der Waals surface area contributed by atoms with Gasteiger partial charge in [0.15, 0.2) is 11.6 Å². The van der Waals surface area contributed by atoms with Crippen LogP contribution in [0.3, 0.4) is 0 Å². The van der Waals surface area contributed by atoms with Gasteiger partial charge in [-0.3, -0.25) is 9.67 Å². The van der Waals surface area contributed by atoms with Crippen LogP contribution in [0.4, 0.5) is 17.6 Å². The normalized spacial score (nSPS) is 11.8. The molecule has 2 heterocycles. The summed E-state index contributed by atoms with van der Waals surface area (Å²) in [6, 6.07) is 7.20. The minimum absolute atomic E-state index is 0.328. The minimum Gasteiger partial charge on any atom is -0.490 e. The van der Waals surface area contributed by atoms with Crippen molar-refractivity contribution in [1.29, 1.82) is 0 Å². The summed E-state index contributed by atoms with van der Waals surface area (Å²) >= 11 is 0. The molecule has 0 aliphatic heterocycles. The van der Waals surface area contributed by atoms with Gasteiger partial charge in [0, 0.05) is 19.2 Å². The largest absolute Gasteiger partial charge is 0.573 e. The van der Waals surface area contributed by atoms with Crippen LogP contribution in [-0.4, -0.2) is 57.7 Å². The van der Waals surface area contributed by atoms with Gasteiger partial charge in [-0.25, -0.2) is 4.39 Å². The number of unbranched alkanes of at least 4 members (excludes halogenated alkanes) is 1. The molecule has 0 bridgehead atoms. The summed E-state index contributed by atoms with van der Waals surface area (Å²) in [6.45, 7) is 2.30. The van der Waals surface area contributed by atoms with Crippen LogP contribution in [0.5, 0.6) is 11.5 Å². The van der Waals surface area contributed by atoms with Gasteiger partial charge in [-0.05, 0) is 43.1 Å². The van der Waals surface area contributed by atoms with E-state index in [-0.39, 0.29) is 0 Å². The average molecular weight is 508 g/mol. The van der Waals surface area contributed by atoms with Crippen molar-refractivity contribution in [3.8, 4) is 17.2 Å². The van der Waals surface area contributed by atoms with Gasteiger partial charge in [-0.1, -0.05) is 6.07 Å². The lowest BCUT2D eigenvalue weighted by Crippen LogP contribution is -2.18. The Kier molecular flexibility index (Phi) is 8.33. The number of aromatic amines is 1. The van der Waals surface area contributed by atoms with Crippen molar-refractivity contribution in [2.75, 3.05) is 26.4 Å². The lowest BCUT2D eigenvalue weighted by molar-refractivity contribution is -0.275. The summed E-state index contributed by atoms with van der Waals surface area (Å²) in [4.78, 5) is 0. The van der Waals surface area contributed by atoms with Crippen LogP contribution >= 0.6 is 0 Å². The first-order chi connectivity index (χ1) is 17.4. The van der Waals surface area contributed by atoms with Crippen LogP contribution in [0.1, 0.15) is 18.4 Å². The van der Waals surface area contributed by atoms with Gasteiger partial charge in [0.2, 0.25) is 0 Å². The van der Waals surface area contributed by atoms with Crippen molar-refractivity contribution in [3.05, 3.63) is 60.6 Å². The van der Waals surface area contributed by atoms with Gasteiger partial charge in [0.05, 0.1) is 29.4 Å². The van der Waals surface area contributed by atoms with Gasteiger partial charge in [0.25, 0.3) is 0 Å². The average Bonchev–Trinajstić information content (AvgIpc) is 3.53. The zero-order chi connectivity index (χ0) is 25.4. The van der Waals surface area contributed by atoms with E-state index in [9.17, 15) is 17.6 Å². The third-order valence-corrected chi connectivity index (χ3v) is 5.15. The molecule has 0 saturated carbocycles. The van der Waals surface area contributed by atoms with Crippen LogP contribution in [0.15, 0.2) is 49.2 Å². The lowest BCUT2D eigenvalue weighted by atomic mass is 10.2. The van der Waals surface area contributed by atoms with Crippen LogP contribution in [0.2, 0.25) is 0 Å². The molecule has 0 atom stereocenters. The smallest absolute Gasteiger partial charge is 0.490 e. The Morgan fingerprint density at radius 1 is 0.972 bits per heavy atom. The topological polar surface area (TPSA) is 99.1 Å². The fraction of sp³-hybridized carbons (Fsp3) is 0.348. The molecule has 2 N–H and O–H groups in total. The number of aromatic nitrogens is 5. The van der Waals surface area contributed by atoms with Crippen LogP contribution < -0.4 is 14.8 Å². The van der Waals surface area contributed by atoms with Gasteiger partial charge in [-0.15, -0.1) is 23.4 Å². The molecule has 9 nitrogen and oxygen atoms in total. The monoisotopic (exact) mass is 508 g/mol. The van der Waals surface area contributed by atoms with Crippen molar-refractivity contribution >= 4 is 10.9 Å². The Balaban J connectivity index is 1.10. The quantitative estimate of drug-likeness (QED) is 0.207. The zero-order valence-corrected chi connectivity index (χ0v) is 19.1. The molecule has 0 fully saturated rings. The Labute approximate surface area is 203 Å². The third-order valence-electron chi connectivity index (χ3n) is 5.15. The molecular weight excluding hydrogens is 484 g/mol. The summed E-state index contributed by atoms with van der Waals surface area (Å²) in [5.74, 6) is -1.22. The molecule has 0 spiro atoms. The molecular formula is C23H24F4N6O3. The molecule has 0 aliphatic carbocycles. The van der Waals surface area contributed by atoms with E-state index in [0.717, 1.165) is 41.6 Å². The highest BCUT2D eigenvalue weighted by molar-refractivity contribution is 5.86. The summed E-state index contributed by atoms with van der Waals surface area (Å²) in [6.07, 6.45) is 1.59. The van der Waals surface area contributed by atoms with Gasteiger partial charge < -0.3 is 19.5 Å². The van der Waals surface area contributed by atoms with Crippen molar-refractivity contribution < 1.29 is 31.8 Å². The number of ether oxygens (including phenoxy) is 3. The van der Waals surface area contributed by atoms with Crippen molar-refractivity contribution in [3.63, 3.8) is 0 Å². The van der Waals surface area contributed by atoms with E-state index < -0.39 is 17.9 Å². The highest BCUT2D eigenvalue weighted by Crippen LogP contribution is 2.28. The number of nitrogens with zero attached hydrogens (tertiary/aromatic N) is 4. The number of benzene rings is 2. The molecule has 2 aromatic heterocycles. The van der Waals surface area contributed by atoms with Gasteiger partial charge in [-0.2, -0.15) is 5.10 Å². The Hall–Kier alpha value is -3.71. The van der Waals surface area contributed by atoms with Gasteiger partial charge >= 0.3 is 6.36 Å². The molecule has 4 rings (SSSR count). The number of fused-ring (bicyclic) bond motifs is 1. The number of hydrogen-bond acceptors (Lipinski definition) is 7. The van der Waals surface area contributed by atoms with Crippen molar-refractivity contribution in [2.45, 2.75) is 25.7 Å². The van der Waals surface area contributed by atoms with Crippen molar-refractivity contribution in [2.24, 2.45) is 0 Å². The second-order valence-corrected chi connectivity index (χ2v) is 7.80. The number of nitrogens with one attached hydrogen (secondary N) is 2. The number of hydrogen-bond donors (Lipinski definition) is 2. The molecule has 2 aromatic carbocycles. The fourth-order valence-corrected chi connectivity index (χ4v) is 3.47. The standard InChI is InChI=1S/C23H24F4N6O3/c24-19-9-16(3-4-21(19)36-23(25,26)27)12-28-5-1-2-6-34-7-8-35-22-11-17(33-14-30-31-15-33)10-20-18(22)13-29-32-20/h3-4,9-11,13-15,28H,1-2,5-8,12H2,(H,29,32). The van der Waals surface area contributed by atoms with E-state index in [1.54, 1.807) is 23.4 Å². The zero-order valence-electron chi connectivity index (χ0n) is 19.1. The van der Waals surface area contributed by atoms with E-state index in [1.165, 1.54) is 6.07 Å². The van der Waals surface area contributed by atoms with E-state index in [2.05, 4.69) is 30.4 Å². The van der Waals surface area contributed by atoms with Crippen molar-refractivity contribution in [1.82, 2.24) is 30.3 Å². The van der Waals surface area contributed by atoms with E-state index in [4.69, 9.17) is 9.47 Å². The Morgan fingerprint density at radius 2 is 1.81 bits per heavy atom. The van der Waals surface area contributed by atoms with Crippen LogP contribution in [0, 0.1) is 5.82 Å². The summed E-state index contributed by atoms with van der Waals surface area (Å²) < 4.78 is 67.2. The molecule has 0 amide bonds. The highest BCUT2D eigenvalue weighted by Gasteiger charge is 2.32. The van der Waals surface area contributed by atoms with Crippen LogP contribution in [-0.2, 0) is 11.3 Å². The molecule has 0 unspecified atom stereocenters. The first-order valence-corrected chi connectivity index (χ1v) is 11.2. The second-order valence-electron chi connectivity index (χ2n) is 7.80. The third kappa shape index (κ3) is 7.15. The van der Waals surface area contributed by atoms with Gasteiger partial charge in [0.1, 0.15) is 25.0 Å². The first-order valence-electron chi connectivity index (χ1n) is 11.2. The predicted molar refractivity (Wildman–Crippen MR) is 121 cm³/mol. The summed E-state index contributed by atoms with van der Waals surface area (Å²) in [5, 5.41) is 18.6. The summed E-state index contributed by atoms with van der Waals surface area (Å²) in [7, 11) is 0. The highest BCUT2D eigenvalue weighted by atomic mass is 19.4. The number of rotatable bonds is 13. The molecule has 36 heavy (non-hydrogen) atoms. The van der Waals surface area contributed by atoms with E-state index >= 15 is 0 Å². The molecule has 0 radical (unpaired) electrons. The molecule has 0 saturated heterocycles. The molecule has 13 heteroatoms. The Bertz CT molecular complexity index is 1250. The van der Waals surface area contributed by atoms with E-state index in [0.29, 0.717) is 44.2 Å². The lowest BCUT2D eigenvalue weighted by Gasteiger charge is -2.11. The molecule has 0 aliphatic rings. The maximum absolute atomic E-state index is 13.7. The predicted octanol–water partition coefficient (Wildman–Crippen LogP) is 4.15. The Morgan fingerprint density at radius 3 is 2.58 bits per heavy atom. The summed E-state index contributed by atoms with van der Waals surface area (Å²) in [5.41, 5.74) is 2.20. The molecule has 192 valence electrons. The second kappa shape index (κ2) is 11.8. The molecule has 4 aromatic rings. The minimum atomic E-state index is -4.93. The van der Waals surface area contributed by atoms with Crippen LogP contribution in [0.25, 0.3) is 16.6 Å².